The van der Waals surface area contributed by atoms with Crippen LogP contribution in [0, 0.1) is 6.92 Å². The van der Waals surface area contributed by atoms with Crippen LogP contribution >= 0.6 is 0 Å². The first kappa shape index (κ1) is 14.0. The van der Waals surface area contributed by atoms with Gasteiger partial charge in [0.15, 0.2) is 0 Å². The maximum Gasteiger partial charge on any atom is 0.0372 e. The van der Waals surface area contributed by atoms with Gasteiger partial charge < -0.3 is 5.32 Å². The number of aromatic nitrogens is 1. The van der Waals surface area contributed by atoms with Crippen molar-refractivity contribution in [1.29, 1.82) is 0 Å². The molecule has 2 bridgehead atoms. The van der Waals surface area contributed by atoms with Gasteiger partial charge in [-0.05, 0) is 50.8 Å². The first-order chi connectivity index (χ1) is 9.76. The van der Waals surface area contributed by atoms with Crippen molar-refractivity contribution in [3.05, 3.63) is 29.6 Å². The predicted octanol–water partition coefficient (Wildman–Crippen LogP) is 2.89. The van der Waals surface area contributed by atoms with Crippen LogP contribution < -0.4 is 5.32 Å². The molecule has 0 aromatic carbocycles. The Kier molecular flexibility index (Phi) is 4.37. The molecule has 3 nitrogen and oxygen atoms in total. The van der Waals surface area contributed by atoms with Crippen LogP contribution in [0.1, 0.15) is 50.3 Å². The Labute approximate surface area is 122 Å². The van der Waals surface area contributed by atoms with Gasteiger partial charge in [0.05, 0.1) is 0 Å². The third kappa shape index (κ3) is 3.04. The van der Waals surface area contributed by atoms with Crippen LogP contribution in [0.15, 0.2) is 18.3 Å². The molecule has 20 heavy (non-hydrogen) atoms. The number of pyridine rings is 1. The highest BCUT2D eigenvalue weighted by Gasteiger charge is 2.37. The zero-order chi connectivity index (χ0) is 13.9. The van der Waals surface area contributed by atoms with E-state index in [9.17, 15) is 0 Å². The second kappa shape index (κ2) is 6.23. The molecule has 2 saturated heterocycles. The average Bonchev–Trinajstić information content (AvgIpc) is 2.42. The van der Waals surface area contributed by atoms with Crippen LogP contribution in [0.2, 0.25) is 0 Å². The summed E-state index contributed by atoms with van der Waals surface area (Å²) < 4.78 is 0. The van der Waals surface area contributed by atoms with E-state index < -0.39 is 0 Å². The smallest absolute Gasteiger partial charge is 0.0372 e. The molecule has 1 aromatic rings. The highest BCUT2D eigenvalue weighted by atomic mass is 15.2. The Hall–Kier alpha value is -0.930. The van der Waals surface area contributed by atoms with Gasteiger partial charge in [0, 0.05) is 36.6 Å². The summed E-state index contributed by atoms with van der Waals surface area (Å²) in [7, 11) is 0. The molecule has 3 heterocycles. The maximum atomic E-state index is 4.44. The summed E-state index contributed by atoms with van der Waals surface area (Å²) in [5, 5.41) is 3.67. The summed E-state index contributed by atoms with van der Waals surface area (Å²) in [6.45, 7) is 6.47. The van der Waals surface area contributed by atoms with Crippen LogP contribution in [0.3, 0.4) is 0 Å². The van der Waals surface area contributed by atoms with Crippen LogP contribution in [0.5, 0.6) is 0 Å². The molecule has 0 saturated carbocycles. The molecular weight excluding hydrogens is 246 g/mol. The van der Waals surface area contributed by atoms with Crippen molar-refractivity contribution in [3.8, 4) is 0 Å². The second-order valence-electron chi connectivity index (χ2n) is 6.44. The summed E-state index contributed by atoms with van der Waals surface area (Å²) in [5.41, 5.74) is 2.48. The van der Waals surface area contributed by atoms with Crippen molar-refractivity contribution in [1.82, 2.24) is 15.2 Å². The van der Waals surface area contributed by atoms with Crippen molar-refractivity contribution in [2.45, 2.75) is 70.6 Å². The Bertz CT molecular complexity index is 414. The Morgan fingerprint density at radius 2 is 2.00 bits per heavy atom. The second-order valence-corrected chi connectivity index (χ2v) is 6.44. The third-order valence-corrected chi connectivity index (χ3v) is 4.96. The van der Waals surface area contributed by atoms with Gasteiger partial charge in [-0.15, -0.1) is 0 Å². The van der Waals surface area contributed by atoms with Gasteiger partial charge in [-0.25, -0.2) is 0 Å². The predicted molar refractivity (Wildman–Crippen MR) is 82.6 cm³/mol. The number of fused-ring (bicyclic) bond motifs is 2. The molecule has 0 aliphatic carbocycles. The van der Waals surface area contributed by atoms with Gasteiger partial charge in [0.25, 0.3) is 0 Å². The number of aryl methyl sites for hydroxylation is 1. The minimum Gasteiger partial charge on any atom is -0.314 e. The van der Waals surface area contributed by atoms with Crippen molar-refractivity contribution in [3.63, 3.8) is 0 Å². The topological polar surface area (TPSA) is 28.2 Å². The molecule has 2 atom stereocenters. The zero-order valence-corrected chi connectivity index (χ0v) is 12.8. The van der Waals surface area contributed by atoms with Crippen LogP contribution in [0.4, 0.5) is 0 Å². The van der Waals surface area contributed by atoms with Crippen LogP contribution in [0.25, 0.3) is 0 Å². The number of rotatable bonds is 4. The number of hydrogen-bond acceptors (Lipinski definition) is 3. The van der Waals surface area contributed by atoms with E-state index in [1.54, 1.807) is 0 Å². The van der Waals surface area contributed by atoms with Crippen LogP contribution in [-0.2, 0) is 6.54 Å². The molecule has 0 radical (unpaired) electrons. The zero-order valence-electron chi connectivity index (χ0n) is 12.8. The van der Waals surface area contributed by atoms with Gasteiger partial charge in [-0.3, -0.25) is 9.88 Å². The fourth-order valence-corrected chi connectivity index (χ4v) is 3.99. The monoisotopic (exact) mass is 273 g/mol. The van der Waals surface area contributed by atoms with E-state index in [2.05, 4.69) is 47.4 Å². The molecule has 2 unspecified atom stereocenters. The molecule has 0 spiro atoms. The molecule has 110 valence electrons. The Balaban J connectivity index is 1.68. The van der Waals surface area contributed by atoms with E-state index in [0.29, 0.717) is 0 Å². The van der Waals surface area contributed by atoms with Gasteiger partial charge in [-0.2, -0.15) is 0 Å². The molecule has 2 aliphatic heterocycles. The number of piperidine rings is 2. The molecule has 0 amide bonds. The average molecular weight is 273 g/mol. The SMILES string of the molecule is CCNC1CC2CCCC(C1)N2Cc1ccc(C)nc1. The molecule has 1 N–H and O–H groups in total. The van der Waals surface area contributed by atoms with E-state index in [1.165, 1.54) is 37.7 Å². The van der Waals surface area contributed by atoms with Gasteiger partial charge >= 0.3 is 0 Å². The largest absolute Gasteiger partial charge is 0.314 e. The molecular formula is C17H27N3. The van der Waals surface area contributed by atoms with Gasteiger partial charge in [-0.1, -0.05) is 19.4 Å². The first-order valence-electron chi connectivity index (χ1n) is 8.17. The van der Waals surface area contributed by atoms with E-state index in [1.807, 2.05) is 0 Å². The Morgan fingerprint density at radius 1 is 1.25 bits per heavy atom. The quantitative estimate of drug-likeness (QED) is 0.914. The van der Waals surface area contributed by atoms with Crippen molar-refractivity contribution < 1.29 is 0 Å². The van der Waals surface area contributed by atoms with E-state index in [4.69, 9.17) is 0 Å². The van der Waals surface area contributed by atoms with E-state index in [-0.39, 0.29) is 0 Å². The summed E-state index contributed by atoms with van der Waals surface area (Å²) in [4.78, 5) is 7.20. The number of hydrogen-bond donors (Lipinski definition) is 1. The maximum absolute atomic E-state index is 4.44. The highest BCUT2D eigenvalue weighted by Crippen LogP contribution is 2.35. The van der Waals surface area contributed by atoms with E-state index >= 15 is 0 Å². The summed E-state index contributed by atoms with van der Waals surface area (Å²) in [6.07, 6.45) is 8.86. The molecule has 2 aliphatic rings. The van der Waals surface area contributed by atoms with Crippen LogP contribution in [-0.4, -0.2) is 34.6 Å². The number of nitrogens with zero attached hydrogens (tertiary/aromatic N) is 2. The molecule has 2 fully saturated rings. The fourth-order valence-electron chi connectivity index (χ4n) is 3.99. The first-order valence-corrected chi connectivity index (χ1v) is 8.17. The van der Waals surface area contributed by atoms with E-state index in [0.717, 1.165) is 36.9 Å². The lowest BCUT2D eigenvalue weighted by Gasteiger charge is -2.49. The van der Waals surface area contributed by atoms with Crippen molar-refractivity contribution >= 4 is 0 Å². The van der Waals surface area contributed by atoms with Gasteiger partial charge in [0.1, 0.15) is 0 Å². The van der Waals surface area contributed by atoms with Crippen molar-refractivity contribution in [2.75, 3.05) is 6.54 Å². The fraction of sp³-hybridized carbons (Fsp3) is 0.706. The molecule has 3 heteroatoms. The third-order valence-electron chi connectivity index (χ3n) is 4.96. The Morgan fingerprint density at radius 3 is 2.60 bits per heavy atom. The summed E-state index contributed by atoms with van der Waals surface area (Å²) in [6, 6.07) is 6.66. The molecule has 1 aromatic heterocycles. The highest BCUT2D eigenvalue weighted by molar-refractivity contribution is 5.14. The van der Waals surface area contributed by atoms with Gasteiger partial charge in [0.2, 0.25) is 0 Å². The number of nitrogens with one attached hydrogen (secondary N) is 1. The normalized spacial score (nSPS) is 30.4. The summed E-state index contributed by atoms with van der Waals surface area (Å²) in [5.74, 6) is 0. The van der Waals surface area contributed by atoms with Crippen molar-refractivity contribution in [2.24, 2.45) is 0 Å². The lowest BCUT2D eigenvalue weighted by atomic mass is 9.81. The molecule has 3 rings (SSSR count). The minimum absolute atomic E-state index is 0.739. The summed E-state index contributed by atoms with van der Waals surface area (Å²) >= 11 is 0. The lowest BCUT2D eigenvalue weighted by molar-refractivity contribution is 0.0179. The minimum atomic E-state index is 0.739. The standard InChI is InChI=1S/C17H27N3/c1-3-18-15-9-16-5-4-6-17(10-15)20(16)12-14-8-7-13(2)19-11-14/h7-8,11,15-18H,3-6,9-10,12H2,1-2H3. The lowest BCUT2D eigenvalue weighted by Crippen LogP contribution is -2.55.